The lowest BCUT2D eigenvalue weighted by atomic mass is 9.80. The molecule has 0 fully saturated rings. The molecule has 0 aromatic carbocycles. The third-order valence-electron chi connectivity index (χ3n) is 2.86. The molecule has 0 saturated heterocycles. The van der Waals surface area contributed by atoms with E-state index >= 15 is 0 Å². The van der Waals surface area contributed by atoms with E-state index in [-0.39, 0.29) is 16.7 Å². The van der Waals surface area contributed by atoms with Crippen LogP contribution in [-0.2, 0) is 9.53 Å². The van der Waals surface area contributed by atoms with Crippen molar-refractivity contribution in [2.45, 2.75) is 40.4 Å². The first kappa shape index (κ1) is 15.5. The van der Waals surface area contributed by atoms with Gasteiger partial charge in [0, 0.05) is 13.5 Å². The van der Waals surface area contributed by atoms with Crippen LogP contribution in [0.4, 0.5) is 0 Å². The maximum atomic E-state index is 11.3. The summed E-state index contributed by atoms with van der Waals surface area (Å²) >= 11 is 0. The molecule has 0 unspecified atom stereocenters. The van der Waals surface area contributed by atoms with Gasteiger partial charge >= 0.3 is 0 Å². The summed E-state index contributed by atoms with van der Waals surface area (Å²) < 4.78 is 5.72. The highest BCUT2D eigenvalue weighted by molar-refractivity contribution is 6.08. The maximum Gasteiger partial charge on any atom is 0.220 e. The van der Waals surface area contributed by atoms with Gasteiger partial charge in [-0.15, -0.1) is 0 Å². The topological polar surface area (TPSA) is 38.3 Å². The van der Waals surface area contributed by atoms with Gasteiger partial charge in [0.05, 0.1) is 13.2 Å². The van der Waals surface area contributed by atoms with Crippen LogP contribution in [0.5, 0.6) is 0 Å². The molecule has 0 atom stereocenters. The summed E-state index contributed by atoms with van der Waals surface area (Å²) in [5.41, 5.74) is 0.132. The zero-order valence-electron chi connectivity index (χ0n) is 11.6. The van der Waals surface area contributed by atoms with Gasteiger partial charge < -0.3 is 10.1 Å². The van der Waals surface area contributed by atoms with E-state index in [9.17, 15) is 4.79 Å². The average molecular weight is 227 g/mol. The second-order valence-corrected chi connectivity index (χ2v) is 6.02. The highest BCUT2D eigenvalue weighted by Crippen LogP contribution is 2.24. The van der Waals surface area contributed by atoms with Crippen molar-refractivity contribution in [1.29, 1.82) is 0 Å². The van der Waals surface area contributed by atoms with Crippen molar-refractivity contribution in [1.82, 2.24) is 5.32 Å². The van der Waals surface area contributed by atoms with Crippen LogP contribution in [0.3, 0.4) is 0 Å². The van der Waals surface area contributed by atoms with Crippen LogP contribution in [0, 0.1) is 10.8 Å². The fraction of sp³-hybridized carbons (Fsp3) is 0.917. The first-order chi connectivity index (χ1) is 7.22. The third kappa shape index (κ3) is 6.88. The fourth-order valence-corrected chi connectivity index (χ4v) is 1.28. The summed E-state index contributed by atoms with van der Waals surface area (Å²) in [4.78, 5) is 11.3. The molecule has 4 heteroatoms. The zero-order valence-corrected chi connectivity index (χ0v) is 11.6. The van der Waals surface area contributed by atoms with Gasteiger partial charge in [-0.3, -0.25) is 4.79 Å². The molecule has 94 valence electrons. The second kappa shape index (κ2) is 6.28. The van der Waals surface area contributed by atoms with Gasteiger partial charge in [0.15, 0.2) is 0 Å². The fourth-order valence-electron chi connectivity index (χ4n) is 1.28. The van der Waals surface area contributed by atoms with Gasteiger partial charge in [-0.25, -0.2) is 0 Å². The summed E-state index contributed by atoms with van der Waals surface area (Å²) in [6.07, 6.45) is 1.61. The van der Waals surface area contributed by atoms with Crippen molar-refractivity contribution in [2.75, 3.05) is 20.3 Å². The smallest absolute Gasteiger partial charge is 0.220 e. The van der Waals surface area contributed by atoms with Crippen molar-refractivity contribution in [3.8, 4) is 0 Å². The Morgan fingerprint density at radius 2 is 1.69 bits per heavy atom. The van der Waals surface area contributed by atoms with Gasteiger partial charge in [-0.05, 0) is 10.8 Å². The molecular formula is C12H26BNO2. The largest absolute Gasteiger partial charge is 0.380 e. The van der Waals surface area contributed by atoms with E-state index in [1.165, 1.54) is 0 Å². The van der Waals surface area contributed by atoms with E-state index in [0.717, 1.165) is 12.9 Å². The Balaban J connectivity index is 3.95. The molecule has 0 aliphatic carbocycles. The standard InChI is InChI=1S/C12H26BNO2/c1-11(2,6-10(15)14-5)8-16-9-12(3,4)7-13/h6-9,13H2,1-5H3,(H,14,15). The Morgan fingerprint density at radius 3 is 2.12 bits per heavy atom. The monoisotopic (exact) mass is 227 g/mol. The predicted molar refractivity (Wildman–Crippen MR) is 70.4 cm³/mol. The molecular weight excluding hydrogens is 201 g/mol. The number of amides is 1. The van der Waals surface area contributed by atoms with Gasteiger partial charge in [0.1, 0.15) is 7.85 Å². The molecule has 0 saturated carbocycles. The van der Waals surface area contributed by atoms with E-state index in [4.69, 9.17) is 4.74 Å². The average Bonchev–Trinajstić information content (AvgIpc) is 2.16. The van der Waals surface area contributed by atoms with E-state index < -0.39 is 0 Å². The molecule has 1 N–H and O–H groups in total. The second-order valence-electron chi connectivity index (χ2n) is 6.02. The summed E-state index contributed by atoms with van der Waals surface area (Å²) in [6.45, 7) is 9.88. The molecule has 0 aliphatic rings. The number of ether oxygens (including phenoxy) is 1. The molecule has 16 heavy (non-hydrogen) atoms. The molecule has 0 aromatic rings. The molecule has 0 aliphatic heterocycles. The van der Waals surface area contributed by atoms with Crippen molar-refractivity contribution < 1.29 is 9.53 Å². The molecule has 3 nitrogen and oxygen atoms in total. The highest BCUT2D eigenvalue weighted by atomic mass is 16.5. The minimum absolute atomic E-state index is 0.0725. The Kier molecular flexibility index (Phi) is 6.09. The molecule has 1 amide bonds. The van der Waals surface area contributed by atoms with Crippen molar-refractivity contribution in [2.24, 2.45) is 10.8 Å². The number of hydrogen-bond acceptors (Lipinski definition) is 2. The van der Waals surface area contributed by atoms with Crippen LogP contribution in [-0.4, -0.2) is 34.0 Å². The summed E-state index contributed by atoms with van der Waals surface area (Å²) in [5.74, 6) is 0.0725. The van der Waals surface area contributed by atoms with Gasteiger partial charge in [-0.1, -0.05) is 34.0 Å². The van der Waals surface area contributed by atoms with Gasteiger partial charge in [0.25, 0.3) is 0 Å². The van der Waals surface area contributed by atoms with E-state index in [1.807, 2.05) is 0 Å². The molecule has 0 spiro atoms. The van der Waals surface area contributed by atoms with Crippen molar-refractivity contribution >= 4 is 13.8 Å². The Morgan fingerprint density at radius 1 is 1.19 bits per heavy atom. The minimum Gasteiger partial charge on any atom is -0.380 e. The minimum atomic E-state index is -0.0933. The molecule has 0 bridgehead atoms. The number of carbonyl (C=O) groups is 1. The molecule has 0 aromatic heterocycles. The van der Waals surface area contributed by atoms with Crippen molar-refractivity contribution in [3.05, 3.63) is 0 Å². The summed E-state index contributed by atoms with van der Waals surface area (Å²) in [5, 5.41) is 2.64. The normalized spacial score (nSPS) is 12.6. The van der Waals surface area contributed by atoms with Crippen LogP contribution < -0.4 is 5.32 Å². The van der Waals surface area contributed by atoms with E-state index in [0.29, 0.717) is 13.0 Å². The lowest BCUT2D eigenvalue weighted by Gasteiger charge is -2.28. The van der Waals surface area contributed by atoms with E-state index in [1.54, 1.807) is 7.05 Å². The molecule has 0 heterocycles. The molecule has 0 radical (unpaired) electrons. The number of rotatable bonds is 7. The van der Waals surface area contributed by atoms with Crippen molar-refractivity contribution in [3.63, 3.8) is 0 Å². The van der Waals surface area contributed by atoms with Crippen LogP contribution >= 0.6 is 0 Å². The van der Waals surface area contributed by atoms with Gasteiger partial charge in [0.2, 0.25) is 5.91 Å². The Labute approximate surface area is 101 Å². The van der Waals surface area contributed by atoms with Crippen LogP contribution in [0.15, 0.2) is 0 Å². The first-order valence-electron chi connectivity index (χ1n) is 6.01. The lowest BCUT2D eigenvalue weighted by molar-refractivity contribution is -0.123. The number of nitrogens with one attached hydrogen (secondary N) is 1. The molecule has 0 rings (SSSR count). The van der Waals surface area contributed by atoms with Gasteiger partial charge in [-0.2, -0.15) is 0 Å². The SMILES string of the molecule is BCC(C)(C)COCC(C)(C)CC(=O)NC. The predicted octanol–water partition coefficient (Wildman–Crippen LogP) is 1.24. The number of hydrogen-bond donors (Lipinski definition) is 1. The Bertz CT molecular complexity index is 227. The van der Waals surface area contributed by atoms with Crippen LogP contribution in [0.1, 0.15) is 34.1 Å². The Hall–Kier alpha value is -0.505. The van der Waals surface area contributed by atoms with E-state index in [2.05, 4.69) is 40.9 Å². The first-order valence-corrected chi connectivity index (χ1v) is 6.01. The summed E-state index contributed by atoms with van der Waals surface area (Å²) in [6, 6.07) is 0. The number of carbonyl (C=O) groups excluding carboxylic acids is 1. The lowest BCUT2D eigenvalue weighted by Crippen LogP contribution is -2.30. The quantitative estimate of drug-likeness (QED) is 0.664. The highest BCUT2D eigenvalue weighted by Gasteiger charge is 2.23. The third-order valence-corrected chi connectivity index (χ3v) is 2.86. The zero-order chi connectivity index (χ0) is 12.8. The van der Waals surface area contributed by atoms with Crippen LogP contribution in [0.25, 0.3) is 0 Å². The van der Waals surface area contributed by atoms with Crippen LogP contribution in [0.2, 0.25) is 6.32 Å². The summed E-state index contributed by atoms with van der Waals surface area (Å²) in [7, 11) is 3.83. The maximum absolute atomic E-state index is 11.3.